The van der Waals surface area contributed by atoms with Gasteiger partial charge in [0.05, 0.1) is 0 Å². The first-order valence-electron chi connectivity index (χ1n) is 8.99. The molecule has 0 atom stereocenters. The fourth-order valence-corrected chi connectivity index (χ4v) is 4.11. The molecule has 0 fully saturated rings. The van der Waals surface area contributed by atoms with Gasteiger partial charge in [0.15, 0.2) is 5.16 Å². The van der Waals surface area contributed by atoms with Crippen LogP contribution < -0.4 is 10.6 Å². The molecule has 7 heteroatoms. The first-order chi connectivity index (χ1) is 13.7. The average molecular weight is 411 g/mol. The van der Waals surface area contributed by atoms with Crippen LogP contribution in [0.4, 0.5) is 10.5 Å². The van der Waals surface area contributed by atoms with Crippen LogP contribution in [0.5, 0.6) is 0 Å². The average Bonchev–Trinajstić information content (AvgIpc) is 2.71. The predicted octanol–water partition coefficient (Wildman–Crippen LogP) is 5.24. The van der Waals surface area contributed by atoms with Gasteiger partial charge in [-0.3, -0.25) is 0 Å². The van der Waals surface area contributed by atoms with Crippen LogP contribution in [0, 0.1) is 6.92 Å². The lowest BCUT2D eigenvalue weighted by Crippen LogP contribution is -2.30. The molecule has 0 radical (unpaired) electrons. The third-order valence-corrected chi connectivity index (χ3v) is 5.80. The van der Waals surface area contributed by atoms with Crippen molar-refractivity contribution in [1.82, 2.24) is 15.3 Å². The van der Waals surface area contributed by atoms with E-state index in [1.54, 1.807) is 30.2 Å². The number of hydrogen-bond donors (Lipinski definition) is 2. The van der Waals surface area contributed by atoms with Crippen LogP contribution in [-0.2, 0) is 0 Å². The number of hydrogen-bond acceptors (Lipinski definition) is 5. The predicted molar refractivity (Wildman–Crippen MR) is 116 cm³/mol. The largest absolute Gasteiger partial charge is 0.338 e. The number of urea groups is 1. The summed E-state index contributed by atoms with van der Waals surface area (Å²) in [5.74, 6) is 0.969. The molecule has 1 aromatic heterocycles. The number of carbonyl (C=O) groups excluding carboxylic acids is 1. The molecule has 2 amide bonds. The van der Waals surface area contributed by atoms with Crippen molar-refractivity contribution in [2.24, 2.45) is 0 Å². The molecule has 0 unspecified atom stereocenters. The molecule has 5 nitrogen and oxygen atoms in total. The second-order valence-corrected chi connectivity index (χ2v) is 8.22. The van der Waals surface area contributed by atoms with Crippen LogP contribution in [-0.4, -0.2) is 28.3 Å². The van der Waals surface area contributed by atoms with E-state index in [0.717, 1.165) is 28.3 Å². The Kier molecular flexibility index (Phi) is 7.75. The molecule has 0 aliphatic heterocycles. The van der Waals surface area contributed by atoms with Crippen LogP contribution >= 0.6 is 23.5 Å². The number of anilines is 1. The monoisotopic (exact) mass is 410 g/mol. The highest BCUT2D eigenvalue weighted by Crippen LogP contribution is 2.27. The number of benzene rings is 2. The van der Waals surface area contributed by atoms with Crippen molar-refractivity contribution < 1.29 is 4.79 Å². The number of thioether (sulfide) groups is 1. The minimum absolute atomic E-state index is 0.181. The number of rotatable bonds is 8. The molecule has 3 rings (SSSR count). The summed E-state index contributed by atoms with van der Waals surface area (Å²) in [4.78, 5) is 22.8. The smallest absolute Gasteiger partial charge is 0.319 e. The summed E-state index contributed by atoms with van der Waals surface area (Å²) in [6, 6.07) is 17.8. The number of nitrogens with zero attached hydrogens (tertiary/aromatic N) is 2. The van der Waals surface area contributed by atoms with Gasteiger partial charge in [0, 0.05) is 34.4 Å². The van der Waals surface area contributed by atoms with E-state index in [0.29, 0.717) is 11.7 Å². The number of amides is 2. The Morgan fingerprint density at radius 1 is 1.00 bits per heavy atom. The van der Waals surface area contributed by atoms with Gasteiger partial charge < -0.3 is 10.6 Å². The zero-order valence-electron chi connectivity index (χ0n) is 15.6. The lowest BCUT2D eigenvalue weighted by molar-refractivity contribution is 0.252. The van der Waals surface area contributed by atoms with Gasteiger partial charge >= 0.3 is 6.03 Å². The second-order valence-electron chi connectivity index (χ2n) is 6.01. The summed E-state index contributed by atoms with van der Waals surface area (Å²) in [5.41, 5.74) is 1.80. The molecule has 3 aromatic rings. The third kappa shape index (κ3) is 6.58. The minimum Gasteiger partial charge on any atom is -0.338 e. The summed E-state index contributed by atoms with van der Waals surface area (Å²) in [7, 11) is 0. The molecular weight excluding hydrogens is 388 g/mol. The van der Waals surface area contributed by atoms with E-state index in [9.17, 15) is 4.79 Å². The highest BCUT2D eigenvalue weighted by molar-refractivity contribution is 7.99. The van der Waals surface area contributed by atoms with Crippen LogP contribution in [0.1, 0.15) is 12.0 Å². The second kappa shape index (κ2) is 10.7. The van der Waals surface area contributed by atoms with Crippen molar-refractivity contribution in [3.63, 3.8) is 0 Å². The van der Waals surface area contributed by atoms with Gasteiger partial charge in [-0.15, -0.1) is 11.8 Å². The lowest BCUT2D eigenvalue weighted by atomic mass is 10.2. The summed E-state index contributed by atoms with van der Waals surface area (Å²) in [5, 5.41) is 6.53. The maximum Gasteiger partial charge on any atom is 0.319 e. The number of carbonyl (C=O) groups is 1. The maximum absolute atomic E-state index is 12.1. The van der Waals surface area contributed by atoms with Crippen LogP contribution in [0.15, 0.2) is 81.9 Å². The molecule has 28 heavy (non-hydrogen) atoms. The fourth-order valence-electron chi connectivity index (χ4n) is 2.43. The molecule has 0 aliphatic carbocycles. The maximum atomic E-state index is 12.1. The number of aromatic nitrogens is 2. The van der Waals surface area contributed by atoms with Crippen LogP contribution in [0.25, 0.3) is 0 Å². The summed E-state index contributed by atoms with van der Waals surface area (Å²) < 4.78 is 0. The van der Waals surface area contributed by atoms with Crippen molar-refractivity contribution in [2.75, 3.05) is 17.6 Å². The molecular formula is C21H22N4OS2. The zero-order chi connectivity index (χ0) is 19.6. The summed E-state index contributed by atoms with van der Waals surface area (Å²) in [6.07, 6.45) is 4.36. The molecule has 1 heterocycles. The number of aryl methyl sites for hydroxylation is 1. The van der Waals surface area contributed by atoms with Gasteiger partial charge in [0.2, 0.25) is 0 Å². The van der Waals surface area contributed by atoms with Gasteiger partial charge in [-0.1, -0.05) is 18.2 Å². The number of nitrogens with one attached hydrogen (secondary N) is 2. The standard InChI is InChI=1S/C21H22N4OS2/c1-16-15-18(28-21-23-11-5-12-24-21)9-10-19(16)25-20(26)22-13-6-14-27-17-7-3-2-4-8-17/h2-5,7-12,15H,6,13-14H2,1H3,(H2,22,25,26). The topological polar surface area (TPSA) is 66.9 Å². The highest BCUT2D eigenvalue weighted by atomic mass is 32.2. The Bertz CT molecular complexity index is 891. The molecule has 0 aliphatic rings. The Labute approximate surface area is 173 Å². The molecule has 0 saturated heterocycles. The zero-order valence-corrected chi connectivity index (χ0v) is 17.2. The third-order valence-electron chi connectivity index (χ3n) is 3.82. The van der Waals surface area contributed by atoms with Gasteiger partial charge in [-0.25, -0.2) is 14.8 Å². The molecule has 2 N–H and O–H groups in total. The summed E-state index contributed by atoms with van der Waals surface area (Å²) >= 11 is 3.29. The van der Waals surface area contributed by atoms with Crippen molar-refractivity contribution >= 4 is 35.2 Å². The van der Waals surface area contributed by atoms with E-state index in [-0.39, 0.29) is 6.03 Å². The van der Waals surface area contributed by atoms with E-state index in [1.807, 2.05) is 43.3 Å². The Balaban J connectivity index is 1.41. The van der Waals surface area contributed by atoms with Crippen molar-refractivity contribution in [3.05, 3.63) is 72.6 Å². The van der Waals surface area contributed by atoms with E-state index in [2.05, 4.69) is 32.7 Å². The van der Waals surface area contributed by atoms with E-state index < -0.39 is 0 Å². The normalized spacial score (nSPS) is 10.5. The Hall–Kier alpha value is -2.51. The summed E-state index contributed by atoms with van der Waals surface area (Å²) in [6.45, 7) is 2.62. The highest BCUT2D eigenvalue weighted by Gasteiger charge is 2.06. The molecule has 144 valence electrons. The van der Waals surface area contributed by atoms with Gasteiger partial charge in [0.25, 0.3) is 0 Å². The van der Waals surface area contributed by atoms with E-state index in [1.165, 1.54) is 16.7 Å². The first-order valence-corrected chi connectivity index (χ1v) is 10.8. The van der Waals surface area contributed by atoms with E-state index in [4.69, 9.17) is 0 Å². The lowest BCUT2D eigenvalue weighted by Gasteiger charge is -2.11. The van der Waals surface area contributed by atoms with Crippen molar-refractivity contribution in [2.45, 2.75) is 28.3 Å². The van der Waals surface area contributed by atoms with Crippen molar-refractivity contribution in [1.29, 1.82) is 0 Å². The minimum atomic E-state index is -0.181. The molecule has 2 aromatic carbocycles. The quantitative estimate of drug-likeness (QED) is 0.302. The van der Waals surface area contributed by atoms with Gasteiger partial charge in [-0.2, -0.15) is 0 Å². The molecule has 0 spiro atoms. The SMILES string of the molecule is Cc1cc(Sc2ncccn2)ccc1NC(=O)NCCCSc1ccccc1. The molecule has 0 saturated carbocycles. The van der Waals surface area contributed by atoms with E-state index >= 15 is 0 Å². The van der Waals surface area contributed by atoms with Gasteiger partial charge in [-0.05, 0) is 72.8 Å². The van der Waals surface area contributed by atoms with Crippen molar-refractivity contribution in [3.8, 4) is 0 Å². The Morgan fingerprint density at radius 2 is 1.79 bits per heavy atom. The fraction of sp³-hybridized carbons (Fsp3) is 0.190. The van der Waals surface area contributed by atoms with Gasteiger partial charge in [0.1, 0.15) is 0 Å². The molecule has 0 bridgehead atoms. The van der Waals surface area contributed by atoms with Crippen LogP contribution in [0.3, 0.4) is 0 Å². The first kappa shape index (κ1) is 20.2. The van der Waals surface area contributed by atoms with Crippen LogP contribution in [0.2, 0.25) is 0 Å². The Morgan fingerprint density at radius 3 is 2.54 bits per heavy atom.